The van der Waals surface area contributed by atoms with Crippen LogP contribution in [0, 0.1) is 12.8 Å². The maximum Gasteiger partial charge on any atom is 0.258 e. The third kappa shape index (κ3) is 3.86. The zero-order chi connectivity index (χ0) is 18.7. The highest BCUT2D eigenvalue weighted by atomic mass is 16.1. The quantitative estimate of drug-likeness (QED) is 0.743. The molecule has 136 valence electrons. The van der Waals surface area contributed by atoms with Crippen molar-refractivity contribution in [3.05, 3.63) is 81.4 Å². The molecule has 0 saturated heterocycles. The van der Waals surface area contributed by atoms with Crippen LogP contribution in [0.3, 0.4) is 0 Å². The Morgan fingerprint density at radius 2 is 1.85 bits per heavy atom. The Morgan fingerprint density at radius 1 is 1.12 bits per heavy atom. The van der Waals surface area contributed by atoms with Crippen molar-refractivity contribution in [1.82, 2.24) is 9.38 Å². The molecule has 0 aliphatic carbocycles. The highest BCUT2D eigenvalue weighted by molar-refractivity contribution is 5.40. The Kier molecular flexibility index (Phi) is 5.52. The van der Waals surface area contributed by atoms with Crippen molar-refractivity contribution in [2.75, 3.05) is 0 Å². The summed E-state index contributed by atoms with van der Waals surface area (Å²) < 4.78 is 1.66. The summed E-state index contributed by atoms with van der Waals surface area (Å²) in [7, 11) is 0. The van der Waals surface area contributed by atoms with Crippen LogP contribution in [0.4, 0.5) is 0 Å². The van der Waals surface area contributed by atoms with E-state index < -0.39 is 0 Å². The highest BCUT2D eigenvalue weighted by Gasteiger charge is 2.19. The predicted octanol–water partition coefficient (Wildman–Crippen LogP) is 3.03. The van der Waals surface area contributed by atoms with Gasteiger partial charge in [-0.15, -0.1) is 0 Å². The zero-order valence-corrected chi connectivity index (χ0v) is 16.1. The van der Waals surface area contributed by atoms with E-state index in [0.717, 1.165) is 17.8 Å². The van der Waals surface area contributed by atoms with Gasteiger partial charge in [0.2, 0.25) is 0 Å². The Labute approximate surface area is 154 Å². The summed E-state index contributed by atoms with van der Waals surface area (Å²) in [5.74, 6) is 0.492. The van der Waals surface area contributed by atoms with E-state index in [4.69, 9.17) is 0 Å². The summed E-state index contributed by atoms with van der Waals surface area (Å²) in [6.07, 6.45) is 1.06. The normalized spacial score (nSPS) is 12.7. The second-order valence-electron chi connectivity index (χ2n) is 7.25. The van der Waals surface area contributed by atoms with E-state index in [1.54, 1.807) is 10.5 Å². The third-order valence-corrected chi connectivity index (χ3v) is 5.01. The first-order valence-electron chi connectivity index (χ1n) is 9.40. The number of aryl methyl sites for hydroxylation is 2. The molecule has 0 spiro atoms. The van der Waals surface area contributed by atoms with Crippen LogP contribution in [0.5, 0.6) is 0 Å². The van der Waals surface area contributed by atoms with E-state index >= 15 is 0 Å². The average molecular weight is 350 g/mol. The largest absolute Gasteiger partial charge is 0.335 e. The number of rotatable bonds is 6. The second-order valence-corrected chi connectivity index (χ2v) is 7.25. The lowest BCUT2D eigenvalue weighted by Gasteiger charge is -2.20. The van der Waals surface area contributed by atoms with Gasteiger partial charge in [0.05, 0.1) is 0 Å². The molecule has 0 bridgehead atoms. The van der Waals surface area contributed by atoms with Crippen molar-refractivity contribution in [1.29, 1.82) is 0 Å². The van der Waals surface area contributed by atoms with Crippen LogP contribution in [0.2, 0.25) is 0 Å². The lowest BCUT2D eigenvalue weighted by atomic mass is 9.95. The van der Waals surface area contributed by atoms with Crippen LogP contribution >= 0.6 is 0 Å². The van der Waals surface area contributed by atoms with Crippen molar-refractivity contribution in [2.45, 2.75) is 46.7 Å². The van der Waals surface area contributed by atoms with Gasteiger partial charge >= 0.3 is 0 Å². The fourth-order valence-electron chi connectivity index (χ4n) is 3.48. The fourth-order valence-corrected chi connectivity index (χ4v) is 3.48. The van der Waals surface area contributed by atoms with Crippen molar-refractivity contribution in [3.8, 4) is 0 Å². The number of pyridine rings is 1. The zero-order valence-electron chi connectivity index (χ0n) is 16.1. The minimum absolute atomic E-state index is 0.00936. The van der Waals surface area contributed by atoms with Crippen LogP contribution < -0.4 is 10.9 Å². The summed E-state index contributed by atoms with van der Waals surface area (Å²) >= 11 is 0. The topological polar surface area (TPSA) is 51.0 Å². The minimum Gasteiger partial charge on any atom is -0.335 e. The first-order chi connectivity index (χ1) is 12.5. The van der Waals surface area contributed by atoms with Gasteiger partial charge in [-0.3, -0.25) is 9.20 Å². The van der Waals surface area contributed by atoms with Crippen LogP contribution in [-0.4, -0.2) is 9.38 Å². The number of fused-ring (bicyclic) bond motifs is 1. The van der Waals surface area contributed by atoms with Crippen molar-refractivity contribution < 1.29 is 5.32 Å². The maximum atomic E-state index is 12.4. The summed E-state index contributed by atoms with van der Waals surface area (Å²) in [5.41, 5.74) is 5.13. The van der Waals surface area contributed by atoms with Gasteiger partial charge < -0.3 is 5.32 Å². The van der Waals surface area contributed by atoms with Gasteiger partial charge in [-0.1, -0.05) is 51.1 Å². The van der Waals surface area contributed by atoms with Crippen LogP contribution in [-0.2, 0) is 13.0 Å². The van der Waals surface area contributed by atoms with Gasteiger partial charge in [0.25, 0.3) is 5.56 Å². The summed E-state index contributed by atoms with van der Waals surface area (Å²) in [5, 5.41) is 2.29. The van der Waals surface area contributed by atoms with Gasteiger partial charge in [-0.2, -0.15) is 0 Å². The molecule has 1 atom stereocenters. The molecule has 0 aliphatic heterocycles. The standard InChI is InChI=1S/C22H27N3O/c1-5-17-9-11-18(12-10-17)22(15(2)3)23-14-19-13-21(26)25-16(4)7-6-8-20(25)24-19/h6-13,15,22-23H,5,14H2,1-4H3/p+1/t22-/m0/s1. The molecule has 2 aromatic heterocycles. The van der Waals surface area contributed by atoms with Gasteiger partial charge in [-0.25, -0.2) is 4.98 Å². The van der Waals surface area contributed by atoms with E-state index in [1.165, 1.54) is 11.1 Å². The molecule has 4 nitrogen and oxygen atoms in total. The SMILES string of the molecule is CCc1ccc([C@@H]([NH2+]Cc2cc(=O)n3c(C)cccc3n2)C(C)C)cc1. The summed E-state index contributed by atoms with van der Waals surface area (Å²) in [6.45, 7) is 9.27. The van der Waals surface area contributed by atoms with Gasteiger partial charge in [0, 0.05) is 23.2 Å². The number of benzene rings is 1. The number of hydrogen-bond donors (Lipinski definition) is 1. The number of hydrogen-bond acceptors (Lipinski definition) is 2. The lowest BCUT2D eigenvalue weighted by molar-refractivity contribution is -0.717. The molecule has 3 aromatic rings. The summed E-state index contributed by atoms with van der Waals surface area (Å²) in [6, 6.07) is 16.6. The Morgan fingerprint density at radius 3 is 2.50 bits per heavy atom. The fraction of sp³-hybridized carbons (Fsp3) is 0.364. The van der Waals surface area contributed by atoms with E-state index in [0.29, 0.717) is 24.2 Å². The molecule has 2 heterocycles. The third-order valence-electron chi connectivity index (χ3n) is 5.01. The van der Waals surface area contributed by atoms with Gasteiger partial charge in [-0.05, 0) is 31.0 Å². The van der Waals surface area contributed by atoms with Crippen LogP contribution in [0.15, 0.2) is 53.3 Å². The van der Waals surface area contributed by atoms with E-state index in [9.17, 15) is 4.79 Å². The molecule has 0 saturated carbocycles. The molecule has 26 heavy (non-hydrogen) atoms. The van der Waals surface area contributed by atoms with Gasteiger partial charge in [0.15, 0.2) is 0 Å². The molecule has 3 rings (SSSR count). The molecule has 2 N–H and O–H groups in total. The maximum absolute atomic E-state index is 12.4. The number of nitrogens with zero attached hydrogens (tertiary/aromatic N) is 2. The highest BCUT2D eigenvalue weighted by Crippen LogP contribution is 2.18. The molecule has 0 amide bonds. The molecule has 0 aliphatic rings. The number of nitrogens with two attached hydrogens (primary N) is 1. The smallest absolute Gasteiger partial charge is 0.258 e. The van der Waals surface area contributed by atoms with Gasteiger partial charge in [0.1, 0.15) is 23.9 Å². The van der Waals surface area contributed by atoms with Crippen molar-refractivity contribution in [2.24, 2.45) is 5.92 Å². The Bertz CT molecular complexity index is 942. The minimum atomic E-state index is -0.00936. The van der Waals surface area contributed by atoms with Crippen molar-refractivity contribution in [3.63, 3.8) is 0 Å². The lowest BCUT2D eigenvalue weighted by Crippen LogP contribution is -2.84. The van der Waals surface area contributed by atoms with E-state index in [1.807, 2.05) is 25.1 Å². The molecule has 1 aromatic carbocycles. The summed E-state index contributed by atoms with van der Waals surface area (Å²) in [4.78, 5) is 17.1. The second kappa shape index (κ2) is 7.83. The van der Waals surface area contributed by atoms with E-state index in [2.05, 4.69) is 55.3 Å². The van der Waals surface area contributed by atoms with Crippen molar-refractivity contribution >= 4 is 5.65 Å². The molecule has 4 heteroatoms. The molecule has 0 fully saturated rings. The van der Waals surface area contributed by atoms with Crippen LogP contribution in [0.1, 0.15) is 49.3 Å². The molecule has 0 unspecified atom stereocenters. The molecular formula is C22H28N3O+. The number of aromatic nitrogens is 2. The average Bonchev–Trinajstić information content (AvgIpc) is 2.62. The van der Waals surface area contributed by atoms with E-state index in [-0.39, 0.29) is 5.56 Å². The Balaban J connectivity index is 1.83. The van der Waals surface area contributed by atoms with Crippen LogP contribution in [0.25, 0.3) is 5.65 Å². The molecular weight excluding hydrogens is 322 g/mol. The molecule has 0 radical (unpaired) electrons. The predicted molar refractivity (Wildman–Crippen MR) is 105 cm³/mol. The monoisotopic (exact) mass is 350 g/mol. The first-order valence-corrected chi connectivity index (χ1v) is 9.40. The Hall–Kier alpha value is -2.46. The first kappa shape index (κ1) is 18.3. The number of quaternary nitrogens is 1.